The molecule has 3 aromatic carbocycles. The molecule has 6 heteroatoms. The fourth-order valence-electron chi connectivity index (χ4n) is 4.93. The van der Waals surface area contributed by atoms with E-state index in [1.54, 1.807) is 0 Å². The number of ether oxygens (including phenoxy) is 1. The average molecular weight is 468 g/mol. The number of pyridine rings is 1. The molecule has 0 unspecified atom stereocenters. The zero-order valence-electron chi connectivity index (χ0n) is 19.6. The van der Waals surface area contributed by atoms with Crippen LogP contribution in [0.5, 0.6) is 5.75 Å². The monoisotopic (exact) mass is 467 g/mol. The van der Waals surface area contributed by atoms with E-state index in [1.807, 2.05) is 85.8 Å². The topological polar surface area (TPSA) is 76.5 Å². The highest BCUT2D eigenvalue weighted by atomic mass is 16.5. The van der Waals surface area contributed by atoms with E-state index in [9.17, 15) is 14.7 Å². The number of aliphatic carboxylic acids is 1. The van der Waals surface area contributed by atoms with Crippen LogP contribution >= 0.6 is 0 Å². The van der Waals surface area contributed by atoms with Crippen LogP contribution < -0.4 is 4.74 Å². The Bertz CT molecular complexity index is 1390. The number of aryl methyl sites for hydroxylation is 1. The Kier molecular flexibility index (Phi) is 6.05. The number of hydrogen-bond acceptors (Lipinski definition) is 4. The van der Waals surface area contributed by atoms with E-state index in [1.165, 1.54) is 0 Å². The average Bonchev–Trinajstić information content (AvgIpc) is 3.22. The van der Waals surface area contributed by atoms with E-state index in [-0.39, 0.29) is 23.4 Å². The van der Waals surface area contributed by atoms with Crippen molar-refractivity contribution < 1.29 is 23.9 Å². The van der Waals surface area contributed by atoms with Gasteiger partial charge in [0.15, 0.2) is 6.54 Å². The number of benzene rings is 3. The minimum Gasteiger partial charge on any atom is -0.489 e. The molecule has 6 nitrogen and oxygen atoms in total. The number of nitrogens with zero attached hydrogens (tertiary/aromatic N) is 2. The molecule has 0 saturated heterocycles. The fraction of sp³-hybridized carbons (Fsp3) is 0.207. The van der Waals surface area contributed by atoms with Gasteiger partial charge in [-0.05, 0) is 36.8 Å². The van der Waals surface area contributed by atoms with E-state index in [2.05, 4.69) is 4.98 Å². The number of aromatic nitrogens is 1. The summed E-state index contributed by atoms with van der Waals surface area (Å²) in [5.74, 6) is -0.340. The molecule has 0 fully saturated rings. The number of rotatable bonds is 7. The lowest BCUT2D eigenvalue weighted by atomic mass is 10.1. The fourth-order valence-corrected chi connectivity index (χ4v) is 4.93. The Morgan fingerprint density at radius 3 is 2.29 bits per heavy atom. The van der Waals surface area contributed by atoms with Crippen molar-refractivity contribution >= 4 is 22.8 Å². The van der Waals surface area contributed by atoms with Crippen LogP contribution in [0.15, 0.2) is 78.9 Å². The Hall–Kier alpha value is -4.03. The number of quaternary nitrogens is 1. The second-order valence-electron chi connectivity index (χ2n) is 9.23. The van der Waals surface area contributed by atoms with Gasteiger partial charge in [-0.15, -0.1) is 0 Å². The summed E-state index contributed by atoms with van der Waals surface area (Å²) < 4.78 is 5.95. The van der Waals surface area contributed by atoms with E-state index >= 15 is 0 Å². The van der Waals surface area contributed by atoms with Gasteiger partial charge in [-0.3, -0.25) is 4.98 Å². The van der Waals surface area contributed by atoms with Crippen LogP contribution in [-0.2, 0) is 35.7 Å². The molecule has 0 spiro atoms. The van der Waals surface area contributed by atoms with Crippen LogP contribution in [0.3, 0.4) is 0 Å². The highest BCUT2D eigenvalue weighted by Gasteiger charge is 2.44. The molecule has 0 bridgehead atoms. The van der Waals surface area contributed by atoms with Gasteiger partial charge in [-0.25, -0.2) is 14.1 Å². The van der Waals surface area contributed by atoms with Gasteiger partial charge in [0.05, 0.1) is 11.9 Å². The predicted octanol–water partition coefficient (Wildman–Crippen LogP) is 4.81. The highest BCUT2D eigenvalue weighted by Crippen LogP contribution is 2.31. The Morgan fingerprint density at radius 2 is 1.60 bits per heavy atom. The Balaban J connectivity index is 1.28. The maximum absolute atomic E-state index is 13.4. The minimum atomic E-state index is -0.964. The lowest BCUT2D eigenvalue weighted by molar-refractivity contribution is -0.867. The van der Waals surface area contributed by atoms with Crippen molar-refractivity contribution in [3.63, 3.8) is 0 Å². The van der Waals surface area contributed by atoms with Crippen molar-refractivity contribution in [2.45, 2.75) is 33.0 Å². The number of hydrogen-bond donors (Lipinski definition) is 1. The number of carboxylic acid groups (broad SMARTS) is 1. The van der Waals surface area contributed by atoms with E-state index < -0.39 is 5.97 Å². The van der Waals surface area contributed by atoms with Gasteiger partial charge < -0.3 is 9.84 Å². The second-order valence-corrected chi connectivity index (χ2v) is 9.23. The molecule has 1 aliphatic rings. The van der Waals surface area contributed by atoms with Gasteiger partial charge in [-0.2, -0.15) is 0 Å². The van der Waals surface area contributed by atoms with Crippen LogP contribution in [0.25, 0.3) is 10.9 Å². The van der Waals surface area contributed by atoms with E-state index in [0.29, 0.717) is 25.4 Å². The summed E-state index contributed by atoms with van der Waals surface area (Å²) in [7, 11) is 0. The van der Waals surface area contributed by atoms with Gasteiger partial charge >= 0.3 is 11.9 Å². The normalized spacial score (nSPS) is 14.0. The van der Waals surface area contributed by atoms with Crippen molar-refractivity contribution in [2.24, 2.45) is 0 Å². The van der Waals surface area contributed by atoms with Gasteiger partial charge in [0, 0.05) is 27.8 Å². The number of carboxylic acids is 1. The maximum Gasteiger partial charge on any atom is 0.359 e. The first-order valence-corrected chi connectivity index (χ1v) is 11.7. The van der Waals surface area contributed by atoms with Crippen LogP contribution in [0, 0.1) is 6.92 Å². The molecule has 0 aliphatic carbocycles. The number of para-hydroxylation sites is 1. The summed E-state index contributed by atoms with van der Waals surface area (Å²) in [4.78, 5) is 29.6. The number of carbonyl (C=O) groups excluding carboxylic acids is 1. The third-order valence-electron chi connectivity index (χ3n) is 6.63. The van der Waals surface area contributed by atoms with E-state index in [0.717, 1.165) is 38.9 Å². The predicted molar refractivity (Wildman–Crippen MR) is 133 cm³/mol. The second kappa shape index (κ2) is 9.31. The molecule has 1 amide bonds. The first-order chi connectivity index (χ1) is 16.9. The van der Waals surface area contributed by atoms with Gasteiger partial charge in [0.2, 0.25) is 0 Å². The standard InChI is InChI=1S/C29H26N2O4/c1-20-14-24(26-8-4-5-9-27(26)30-20)19-35-25-12-10-21(11-13-25)15-28(32)31(18-29(33)34)16-22-6-2-3-7-23(22)17-31/h2-14H,15-19H2,1H3/p+1. The molecule has 1 N–H and O–H groups in total. The quantitative estimate of drug-likeness (QED) is 0.395. The lowest BCUT2D eigenvalue weighted by Gasteiger charge is -2.29. The Labute approximate surface area is 204 Å². The van der Waals surface area contributed by atoms with Crippen LogP contribution in [0.2, 0.25) is 0 Å². The first kappa shape index (κ1) is 22.7. The van der Waals surface area contributed by atoms with Gasteiger partial charge in [-0.1, -0.05) is 54.6 Å². The Morgan fingerprint density at radius 1 is 0.943 bits per heavy atom. The molecule has 0 radical (unpaired) electrons. The third-order valence-corrected chi connectivity index (χ3v) is 6.63. The summed E-state index contributed by atoms with van der Waals surface area (Å²) in [5.41, 5.74) is 5.89. The maximum atomic E-state index is 13.4. The number of amides is 1. The van der Waals surface area contributed by atoms with Gasteiger partial charge in [0.25, 0.3) is 0 Å². The van der Waals surface area contributed by atoms with Crippen molar-refractivity contribution in [3.8, 4) is 5.75 Å². The summed E-state index contributed by atoms with van der Waals surface area (Å²) in [5, 5.41) is 10.6. The molecule has 5 rings (SSSR count). The summed E-state index contributed by atoms with van der Waals surface area (Å²) in [6.07, 6.45) is 0.176. The molecule has 0 atom stereocenters. The minimum absolute atomic E-state index is 0.0819. The van der Waals surface area contributed by atoms with Crippen LogP contribution in [-0.4, -0.2) is 33.0 Å². The van der Waals surface area contributed by atoms with Gasteiger partial charge in [0.1, 0.15) is 25.4 Å². The summed E-state index contributed by atoms with van der Waals surface area (Å²) in [6.45, 7) is 3.01. The molecular weight excluding hydrogens is 440 g/mol. The van der Waals surface area contributed by atoms with Crippen molar-refractivity contribution in [2.75, 3.05) is 6.54 Å². The smallest absolute Gasteiger partial charge is 0.359 e. The highest BCUT2D eigenvalue weighted by molar-refractivity contribution is 5.82. The van der Waals surface area contributed by atoms with Crippen LogP contribution in [0.4, 0.5) is 0 Å². The molecule has 1 aliphatic heterocycles. The van der Waals surface area contributed by atoms with E-state index in [4.69, 9.17) is 4.74 Å². The zero-order valence-corrected chi connectivity index (χ0v) is 19.6. The van der Waals surface area contributed by atoms with Crippen LogP contribution in [0.1, 0.15) is 27.9 Å². The zero-order chi connectivity index (χ0) is 24.4. The lowest BCUT2D eigenvalue weighted by Crippen LogP contribution is -2.52. The molecule has 0 saturated carbocycles. The largest absolute Gasteiger partial charge is 0.489 e. The summed E-state index contributed by atoms with van der Waals surface area (Å²) >= 11 is 0. The molecule has 1 aromatic heterocycles. The number of carbonyl (C=O) groups is 2. The number of fused-ring (bicyclic) bond motifs is 2. The molecule has 4 aromatic rings. The molecule has 2 heterocycles. The third kappa shape index (κ3) is 4.79. The summed E-state index contributed by atoms with van der Waals surface area (Å²) in [6, 6.07) is 25.3. The SMILES string of the molecule is Cc1cc(COc2ccc(CC(=O)[N+]3(CC(=O)O)Cc4ccccc4C3)cc2)c2ccccc2n1. The van der Waals surface area contributed by atoms with Crippen molar-refractivity contribution in [1.82, 2.24) is 4.98 Å². The molecule has 176 valence electrons. The first-order valence-electron chi connectivity index (χ1n) is 11.7. The van der Waals surface area contributed by atoms with Crippen molar-refractivity contribution in [3.05, 3.63) is 107 Å². The molecule has 35 heavy (non-hydrogen) atoms. The van der Waals surface area contributed by atoms with Crippen molar-refractivity contribution in [1.29, 1.82) is 0 Å². The molecular formula is C29H27N2O4+.